The molecule has 0 aliphatic carbocycles. The highest BCUT2D eigenvalue weighted by atomic mass is 16.5. The van der Waals surface area contributed by atoms with Crippen LogP contribution < -0.4 is 0 Å². The Morgan fingerprint density at radius 1 is 1.36 bits per heavy atom. The number of esters is 1. The molecule has 1 aliphatic rings. The zero-order valence-corrected chi connectivity index (χ0v) is 13.7. The van der Waals surface area contributed by atoms with E-state index < -0.39 is 5.97 Å². The third-order valence-corrected chi connectivity index (χ3v) is 4.23. The molecule has 4 rings (SSSR count). The van der Waals surface area contributed by atoms with E-state index in [9.17, 15) is 9.59 Å². The zero-order valence-electron chi connectivity index (χ0n) is 13.7. The van der Waals surface area contributed by atoms with Gasteiger partial charge >= 0.3 is 5.97 Å². The number of aromatic nitrogens is 1. The first kappa shape index (κ1) is 15.4. The summed E-state index contributed by atoms with van der Waals surface area (Å²) >= 11 is 0. The van der Waals surface area contributed by atoms with Crippen LogP contribution >= 0.6 is 0 Å². The molecule has 0 N–H and O–H groups in total. The smallest absolute Gasteiger partial charge is 0.341 e. The molecular formula is C19H16N2O4. The molecule has 3 heterocycles. The number of fused-ring (bicyclic) bond motifs is 2. The molecule has 126 valence electrons. The molecule has 0 saturated heterocycles. The molecule has 6 heteroatoms. The van der Waals surface area contributed by atoms with Gasteiger partial charge in [-0.2, -0.15) is 0 Å². The van der Waals surface area contributed by atoms with E-state index in [0.29, 0.717) is 42.2 Å². The zero-order chi connectivity index (χ0) is 17.4. The van der Waals surface area contributed by atoms with Gasteiger partial charge in [0.25, 0.3) is 5.91 Å². The molecule has 1 amide bonds. The summed E-state index contributed by atoms with van der Waals surface area (Å²) in [6, 6.07) is 9.04. The number of amides is 1. The Balaban J connectivity index is 1.62. The second kappa shape index (κ2) is 6.05. The number of rotatable bonds is 4. The highest BCUT2D eigenvalue weighted by Crippen LogP contribution is 2.28. The Hall–Kier alpha value is -3.15. The van der Waals surface area contributed by atoms with Crippen LogP contribution in [-0.2, 0) is 17.8 Å². The highest BCUT2D eigenvalue weighted by Gasteiger charge is 2.28. The lowest BCUT2D eigenvalue weighted by atomic mass is 10.1. The molecule has 1 aliphatic heterocycles. The average molecular weight is 336 g/mol. The molecular weight excluding hydrogens is 320 g/mol. The Bertz CT molecular complexity index is 976. The van der Waals surface area contributed by atoms with Crippen molar-refractivity contribution >= 4 is 22.8 Å². The van der Waals surface area contributed by atoms with Crippen LogP contribution in [0.25, 0.3) is 11.0 Å². The number of hydrogen-bond donors (Lipinski definition) is 0. The number of benzene rings is 1. The normalized spacial score (nSPS) is 13.3. The third kappa shape index (κ3) is 2.65. The summed E-state index contributed by atoms with van der Waals surface area (Å²) in [5.74, 6) is 0.153. The third-order valence-electron chi connectivity index (χ3n) is 4.23. The van der Waals surface area contributed by atoms with Crippen molar-refractivity contribution in [3.63, 3.8) is 0 Å². The first-order valence-electron chi connectivity index (χ1n) is 8.08. The topological polar surface area (TPSA) is 72.6 Å². The molecule has 2 aromatic heterocycles. The number of pyridine rings is 1. The summed E-state index contributed by atoms with van der Waals surface area (Å²) < 4.78 is 10.9. The van der Waals surface area contributed by atoms with Gasteiger partial charge < -0.3 is 14.1 Å². The van der Waals surface area contributed by atoms with Gasteiger partial charge in [-0.1, -0.05) is 12.1 Å². The van der Waals surface area contributed by atoms with E-state index in [-0.39, 0.29) is 5.91 Å². The summed E-state index contributed by atoms with van der Waals surface area (Å²) in [6.07, 6.45) is 3.28. The van der Waals surface area contributed by atoms with Crippen molar-refractivity contribution in [2.75, 3.05) is 6.61 Å². The van der Waals surface area contributed by atoms with Crippen LogP contribution in [0.15, 0.2) is 47.1 Å². The summed E-state index contributed by atoms with van der Waals surface area (Å²) in [5, 5.41) is 0.811. The van der Waals surface area contributed by atoms with Gasteiger partial charge in [0.15, 0.2) is 0 Å². The lowest BCUT2D eigenvalue weighted by Crippen LogP contribution is -2.22. The van der Waals surface area contributed by atoms with Crippen molar-refractivity contribution in [1.82, 2.24) is 9.88 Å². The van der Waals surface area contributed by atoms with E-state index in [1.165, 1.54) is 0 Å². The number of carbonyl (C=O) groups excluding carboxylic acids is 2. The summed E-state index contributed by atoms with van der Waals surface area (Å²) in [5.41, 5.74) is 2.47. The van der Waals surface area contributed by atoms with Gasteiger partial charge in [-0.05, 0) is 30.7 Å². The van der Waals surface area contributed by atoms with Crippen LogP contribution in [0.1, 0.15) is 39.0 Å². The van der Waals surface area contributed by atoms with E-state index >= 15 is 0 Å². The largest absolute Gasteiger partial charge is 0.462 e. The molecule has 1 aromatic carbocycles. The summed E-state index contributed by atoms with van der Waals surface area (Å²) in [6.45, 7) is 2.93. The summed E-state index contributed by atoms with van der Waals surface area (Å²) in [4.78, 5) is 30.2. The molecule has 25 heavy (non-hydrogen) atoms. The fraction of sp³-hybridized carbons (Fsp3) is 0.211. The fourth-order valence-electron chi connectivity index (χ4n) is 3.08. The van der Waals surface area contributed by atoms with Crippen LogP contribution in [0.2, 0.25) is 0 Å². The Morgan fingerprint density at radius 2 is 2.24 bits per heavy atom. The first-order chi connectivity index (χ1) is 12.2. The predicted molar refractivity (Wildman–Crippen MR) is 90.0 cm³/mol. The van der Waals surface area contributed by atoms with Gasteiger partial charge in [0, 0.05) is 24.3 Å². The van der Waals surface area contributed by atoms with E-state index in [2.05, 4.69) is 4.98 Å². The Labute approximate surface area is 144 Å². The van der Waals surface area contributed by atoms with Crippen molar-refractivity contribution in [2.24, 2.45) is 0 Å². The van der Waals surface area contributed by atoms with Gasteiger partial charge in [-0.25, -0.2) is 4.79 Å². The second-order valence-electron chi connectivity index (χ2n) is 5.85. The lowest BCUT2D eigenvalue weighted by molar-refractivity contribution is 0.0526. The van der Waals surface area contributed by atoms with Crippen molar-refractivity contribution < 1.29 is 18.7 Å². The highest BCUT2D eigenvalue weighted by molar-refractivity contribution is 6.02. The van der Waals surface area contributed by atoms with Crippen LogP contribution in [0.4, 0.5) is 0 Å². The fourth-order valence-corrected chi connectivity index (χ4v) is 3.08. The van der Waals surface area contributed by atoms with Crippen molar-refractivity contribution in [1.29, 1.82) is 0 Å². The predicted octanol–water partition coefficient (Wildman–Crippen LogP) is 3.16. The minimum absolute atomic E-state index is 0.0610. The molecule has 0 saturated carbocycles. The number of para-hydroxylation sites is 1. The molecule has 6 nitrogen and oxygen atoms in total. The molecule has 0 atom stereocenters. The number of carbonyl (C=O) groups is 2. The van der Waals surface area contributed by atoms with Crippen LogP contribution in [-0.4, -0.2) is 28.4 Å². The van der Waals surface area contributed by atoms with Gasteiger partial charge in [-0.15, -0.1) is 0 Å². The van der Waals surface area contributed by atoms with E-state index in [4.69, 9.17) is 9.15 Å². The Morgan fingerprint density at radius 3 is 3.04 bits per heavy atom. The molecule has 0 fully saturated rings. The second-order valence-corrected chi connectivity index (χ2v) is 5.85. The van der Waals surface area contributed by atoms with Gasteiger partial charge in [0.05, 0.1) is 18.7 Å². The quantitative estimate of drug-likeness (QED) is 0.684. The number of hydrogen-bond acceptors (Lipinski definition) is 5. The van der Waals surface area contributed by atoms with Crippen LogP contribution in [0.3, 0.4) is 0 Å². The van der Waals surface area contributed by atoms with Crippen molar-refractivity contribution in [3.05, 3.63) is 65.2 Å². The van der Waals surface area contributed by atoms with Crippen LogP contribution in [0, 0.1) is 0 Å². The van der Waals surface area contributed by atoms with Gasteiger partial charge in [0.2, 0.25) is 0 Å². The van der Waals surface area contributed by atoms with Crippen molar-refractivity contribution in [3.8, 4) is 0 Å². The number of nitrogens with zero attached hydrogens (tertiary/aromatic N) is 2. The van der Waals surface area contributed by atoms with Gasteiger partial charge in [-0.3, -0.25) is 9.78 Å². The maximum Gasteiger partial charge on any atom is 0.341 e. The van der Waals surface area contributed by atoms with Gasteiger partial charge in [0.1, 0.15) is 16.9 Å². The van der Waals surface area contributed by atoms with Crippen LogP contribution in [0.5, 0.6) is 0 Å². The van der Waals surface area contributed by atoms with E-state index in [0.717, 1.165) is 10.9 Å². The Kier molecular flexibility index (Phi) is 3.72. The maximum atomic E-state index is 12.4. The minimum Gasteiger partial charge on any atom is -0.462 e. The number of ether oxygens (including phenoxy) is 1. The van der Waals surface area contributed by atoms with E-state index in [1.807, 2.05) is 18.2 Å². The monoisotopic (exact) mass is 336 g/mol. The first-order valence-corrected chi connectivity index (χ1v) is 8.08. The maximum absolute atomic E-state index is 12.4. The molecule has 0 bridgehead atoms. The molecule has 0 unspecified atom stereocenters. The number of furan rings is 1. The van der Waals surface area contributed by atoms with E-state index in [1.54, 1.807) is 36.4 Å². The van der Waals surface area contributed by atoms with Crippen molar-refractivity contribution in [2.45, 2.75) is 20.0 Å². The molecule has 0 spiro atoms. The average Bonchev–Trinajstić information content (AvgIpc) is 3.16. The standard InChI is InChI=1S/C19H16N2O4/c1-2-24-19(23)15-5-3-4-12-8-14(25-17(12)15)11-21-10-13-6-7-20-9-16(13)18(21)22/h3-9H,2,10-11H2,1H3. The summed E-state index contributed by atoms with van der Waals surface area (Å²) in [7, 11) is 0. The SMILES string of the molecule is CCOC(=O)c1cccc2cc(CN3Cc4ccncc4C3=O)oc12. The lowest BCUT2D eigenvalue weighted by Gasteiger charge is -2.13. The minimum atomic E-state index is -0.412. The molecule has 3 aromatic rings. The molecule has 0 radical (unpaired) electrons.